The average Bonchev–Trinajstić information content (AvgIpc) is 3.14. The molecule has 3 aromatic rings. The van der Waals surface area contributed by atoms with Gasteiger partial charge in [0.2, 0.25) is 0 Å². The first kappa shape index (κ1) is 19.2. The number of hydrogen-bond donors (Lipinski definition) is 1. The molecule has 1 fully saturated rings. The van der Waals surface area contributed by atoms with Crippen LogP contribution in [0, 0.1) is 0 Å². The van der Waals surface area contributed by atoms with E-state index in [9.17, 15) is 18.3 Å². The van der Waals surface area contributed by atoms with Crippen LogP contribution >= 0.6 is 22.9 Å². The summed E-state index contributed by atoms with van der Waals surface area (Å²) in [6, 6.07) is 13.8. The summed E-state index contributed by atoms with van der Waals surface area (Å²) in [4.78, 5) is 14.4. The molecule has 1 aliphatic rings. The Morgan fingerprint density at radius 2 is 1.64 bits per heavy atom. The summed E-state index contributed by atoms with van der Waals surface area (Å²) < 4.78 is 27.3. The number of carbonyl (C=O) groups excluding carboxylic acids is 1. The zero-order valence-corrected chi connectivity index (χ0v) is 17.1. The van der Waals surface area contributed by atoms with Gasteiger partial charge in [0.15, 0.2) is 0 Å². The Balaban J connectivity index is 1.51. The molecule has 1 aliphatic heterocycles. The predicted molar refractivity (Wildman–Crippen MR) is 110 cm³/mol. The number of carbonyl (C=O) groups is 1. The third-order valence-corrected chi connectivity index (χ3v) is 8.36. The monoisotopic (exact) mass is 436 g/mol. The number of piperazine rings is 1. The number of phenolic OH excluding ortho intramolecular Hbond substituents is 1. The number of benzene rings is 2. The van der Waals surface area contributed by atoms with E-state index in [-0.39, 0.29) is 47.6 Å². The van der Waals surface area contributed by atoms with E-state index in [1.807, 2.05) is 24.3 Å². The summed E-state index contributed by atoms with van der Waals surface area (Å²) in [5.74, 6) is -0.383. The first-order valence-electron chi connectivity index (χ1n) is 8.63. The van der Waals surface area contributed by atoms with Crippen LogP contribution in [-0.4, -0.2) is 54.8 Å². The summed E-state index contributed by atoms with van der Waals surface area (Å²) in [5, 5.41) is 12.0. The summed E-state index contributed by atoms with van der Waals surface area (Å²) in [5.41, 5.74) is 0.222. The number of thiophene rings is 1. The van der Waals surface area contributed by atoms with Crippen LogP contribution in [0.3, 0.4) is 0 Å². The quantitative estimate of drug-likeness (QED) is 0.682. The number of fused-ring (bicyclic) bond motifs is 1. The second-order valence-electron chi connectivity index (χ2n) is 6.47. The minimum absolute atomic E-state index is 0.0769. The third kappa shape index (κ3) is 3.48. The van der Waals surface area contributed by atoms with Gasteiger partial charge in [0.25, 0.3) is 15.9 Å². The van der Waals surface area contributed by atoms with E-state index >= 15 is 0 Å². The summed E-state index contributed by atoms with van der Waals surface area (Å²) in [6.07, 6.45) is 0. The minimum atomic E-state index is -3.61. The molecule has 0 radical (unpaired) electrons. The number of halogens is 1. The van der Waals surface area contributed by atoms with E-state index in [1.165, 1.54) is 10.4 Å². The maximum Gasteiger partial charge on any atom is 0.257 e. The second kappa shape index (κ2) is 7.36. The Bertz CT molecular complexity index is 1150. The third-order valence-electron chi connectivity index (χ3n) is 4.76. The van der Waals surface area contributed by atoms with Crippen LogP contribution in [0.5, 0.6) is 5.75 Å². The molecule has 0 bridgehead atoms. The first-order chi connectivity index (χ1) is 13.4. The lowest BCUT2D eigenvalue weighted by Crippen LogP contribution is -2.50. The van der Waals surface area contributed by atoms with Crippen molar-refractivity contribution in [3.63, 3.8) is 0 Å². The van der Waals surface area contributed by atoms with Crippen LogP contribution in [0.4, 0.5) is 0 Å². The lowest BCUT2D eigenvalue weighted by Gasteiger charge is -2.33. The largest absolute Gasteiger partial charge is 0.507 e. The van der Waals surface area contributed by atoms with Crippen LogP contribution < -0.4 is 0 Å². The van der Waals surface area contributed by atoms with Crippen molar-refractivity contribution in [3.8, 4) is 5.75 Å². The van der Waals surface area contributed by atoms with Crippen LogP contribution in [0.2, 0.25) is 4.34 Å². The number of rotatable bonds is 3. The highest BCUT2D eigenvalue weighted by atomic mass is 35.5. The van der Waals surface area contributed by atoms with Gasteiger partial charge in [-0.1, -0.05) is 35.9 Å². The SMILES string of the molecule is O=C(c1cc2ccccc2cc1O)N1CCN(S(=O)(=O)c2ccc(Cl)s2)CC1. The van der Waals surface area contributed by atoms with Gasteiger partial charge in [-0.25, -0.2) is 8.42 Å². The zero-order chi connectivity index (χ0) is 19.9. The Morgan fingerprint density at radius 1 is 1.00 bits per heavy atom. The highest BCUT2D eigenvalue weighted by Gasteiger charge is 2.32. The minimum Gasteiger partial charge on any atom is -0.507 e. The molecule has 1 amide bonds. The number of hydrogen-bond acceptors (Lipinski definition) is 5. The maximum absolute atomic E-state index is 12.9. The van der Waals surface area contributed by atoms with Crippen molar-refractivity contribution < 1.29 is 18.3 Å². The molecule has 2 heterocycles. The van der Waals surface area contributed by atoms with Gasteiger partial charge < -0.3 is 10.0 Å². The summed E-state index contributed by atoms with van der Waals surface area (Å²) >= 11 is 6.87. The second-order valence-corrected chi connectivity index (χ2v) is 10.4. The number of sulfonamides is 1. The Hall–Kier alpha value is -2.13. The molecule has 2 aromatic carbocycles. The molecule has 0 atom stereocenters. The van der Waals surface area contributed by atoms with E-state index in [0.29, 0.717) is 4.34 Å². The molecule has 1 saturated heterocycles. The highest BCUT2D eigenvalue weighted by Crippen LogP contribution is 2.30. The van der Waals surface area contributed by atoms with Crippen molar-refractivity contribution in [2.24, 2.45) is 0 Å². The van der Waals surface area contributed by atoms with Gasteiger partial charge in [-0.2, -0.15) is 4.31 Å². The van der Waals surface area contributed by atoms with Crippen LogP contribution in [0.15, 0.2) is 52.7 Å². The number of amides is 1. The summed E-state index contributed by atoms with van der Waals surface area (Å²) in [7, 11) is -3.61. The van der Waals surface area contributed by atoms with Crippen LogP contribution in [-0.2, 0) is 10.0 Å². The lowest BCUT2D eigenvalue weighted by atomic mass is 10.0. The normalized spacial score (nSPS) is 15.8. The predicted octanol–water partition coefficient (Wildman–Crippen LogP) is 3.41. The van der Waals surface area contributed by atoms with Gasteiger partial charge >= 0.3 is 0 Å². The maximum atomic E-state index is 12.9. The molecular formula is C19H17ClN2O4S2. The Labute approximate surface area is 171 Å². The van der Waals surface area contributed by atoms with Gasteiger partial charge in [-0.05, 0) is 35.0 Å². The highest BCUT2D eigenvalue weighted by molar-refractivity contribution is 7.91. The van der Waals surface area contributed by atoms with Gasteiger partial charge in [-0.15, -0.1) is 11.3 Å². The van der Waals surface area contributed by atoms with Gasteiger partial charge in [-0.3, -0.25) is 4.79 Å². The fourth-order valence-corrected chi connectivity index (χ4v) is 6.32. The molecular weight excluding hydrogens is 420 g/mol. The van der Waals surface area contributed by atoms with E-state index in [1.54, 1.807) is 23.1 Å². The van der Waals surface area contributed by atoms with Gasteiger partial charge in [0.1, 0.15) is 9.96 Å². The van der Waals surface area contributed by atoms with E-state index < -0.39 is 10.0 Å². The average molecular weight is 437 g/mol. The molecule has 0 saturated carbocycles. The standard InChI is InChI=1S/C19H17ClN2O4S2/c20-17-5-6-18(27-17)28(25,26)22-9-7-21(8-10-22)19(24)15-11-13-3-1-2-4-14(13)12-16(15)23/h1-6,11-12,23H,7-10H2. The van der Waals surface area contributed by atoms with Crippen molar-refractivity contribution in [3.05, 3.63) is 58.4 Å². The molecule has 6 nitrogen and oxygen atoms in total. The van der Waals surface area contributed by atoms with Crippen molar-refractivity contribution in [2.45, 2.75) is 4.21 Å². The molecule has 0 spiro atoms. The smallest absolute Gasteiger partial charge is 0.257 e. The van der Waals surface area contributed by atoms with E-state index in [0.717, 1.165) is 22.1 Å². The van der Waals surface area contributed by atoms with Crippen molar-refractivity contribution in [1.82, 2.24) is 9.21 Å². The first-order valence-corrected chi connectivity index (χ1v) is 11.3. The lowest BCUT2D eigenvalue weighted by molar-refractivity contribution is 0.0695. The number of nitrogens with zero attached hydrogens (tertiary/aromatic N) is 2. The number of aromatic hydroxyl groups is 1. The van der Waals surface area contributed by atoms with Crippen LogP contribution in [0.1, 0.15) is 10.4 Å². The fourth-order valence-electron chi connectivity index (χ4n) is 3.27. The topological polar surface area (TPSA) is 77.9 Å². The zero-order valence-electron chi connectivity index (χ0n) is 14.7. The van der Waals surface area contributed by atoms with Crippen molar-refractivity contribution >= 4 is 49.6 Å². The molecule has 146 valence electrons. The van der Waals surface area contributed by atoms with E-state index in [4.69, 9.17) is 11.6 Å². The molecule has 0 unspecified atom stereocenters. The fraction of sp³-hybridized carbons (Fsp3) is 0.211. The van der Waals surface area contributed by atoms with E-state index in [2.05, 4.69) is 0 Å². The van der Waals surface area contributed by atoms with Crippen molar-refractivity contribution in [1.29, 1.82) is 0 Å². The van der Waals surface area contributed by atoms with Gasteiger partial charge in [0, 0.05) is 26.2 Å². The molecule has 0 aliphatic carbocycles. The molecule has 1 aromatic heterocycles. The molecule has 1 N–H and O–H groups in total. The molecule has 28 heavy (non-hydrogen) atoms. The number of phenols is 1. The Kier molecular flexibility index (Phi) is 5.05. The van der Waals surface area contributed by atoms with Crippen LogP contribution in [0.25, 0.3) is 10.8 Å². The summed E-state index contributed by atoms with van der Waals surface area (Å²) in [6.45, 7) is 0.892. The van der Waals surface area contributed by atoms with Crippen molar-refractivity contribution in [2.75, 3.05) is 26.2 Å². The molecule has 9 heteroatoms. The molecule has 4 rings (SSSR count). The Morgan fingerprint density at radius 3 is 2.25 bits per heavy atom. The van der Waals surface area contributed by atoms with Gasteiger partial charge in [0.05, 0.1) is 9.90 Å².